The van der Waals surface area contributed by atoms with Crippen LogP contribution in [-0.4, -0.2) is 66.9 Å². The number of amides is 4. The molecule has 4 amide bonds. The fraction of sp³-hybridized carbons (Fsp3) is 0.600. The molecule has 0 aromatic heterocycles. The zero-order valence-electron chi connectivity index (χ0n) is 10.4. The van der Waals surface area contributed by atoms with Crippen molar-refractivity contribution in [3.05, 3.63) is 0 Å². The Morgan fingerprint density at radius 1 is 1.44 bits per heavy atom. The highest BCUT2D eigenvalue weighted by Gasteiger charge is 2.35. The van der Waals surface area contributed by atoms with E-state index in [1.807, 2.05) is 0 Å². The number of hydrogen-bond donors (Lipinski definition) is 1. The summed E-state index contributed by atoms with van der Waals surface area (Å²) >= 11 is 0. The lowest BCUT2D eigenvalue weighted by Crippen LogP contribution is -2.46. The maximum absolute atomic E-state index is 11.5. The highest BCUT2D eigenvalue weighted by molar-refractivity contribution is 6.04. The number of carbonyl (C=O) groups excluding carboxylic acids is 4. The van der Waals surface area contributed by atoms with Crippen molar-refractivity contribution in [1.82, 2.24) is 15.1 Å². The zero-order chi connectivity index (χ0) is 13.9. The molecule has 1 N–H and O–H groups in total. The predicted octanol–water partition coefficient (Wildman–Crippen LogP) is -1.44. The SMILES string of the molecule is COC(=O)[C@H](C)NC(=O)CN1C(=O)CN(C)C1=O. The van der Waals surface area contributed by atoms with Crippen molar-refractivity contribution in [1.29, 1.82) is 0 Å². The minimum Gasteiger partial charge on any atom is -0.467 e. The first kappa shape index (κ1) is 13.9. The molecule has 8 nitrogen and oxygen atoms in total. The smallest absolute Gasteiger partial charge is 0.328 e. The number of imide groups is 1. The molecular formula is C10H15N3O5. The summed E-state index contributed by atoms with van der Waals surface area (Å²) in [4.78, 5) is 47.5. The Morgan fingerprint density at radius 2 is 2.06 bits per heavy atom. The van der Waals surface area contributed by atoms with Gasteiger partial charge in [-0.25, -0.2) is 9.59 Å². The van der Waals surface area contributed by atoms with E-state index in [-0.39, 0.29) is 6.54 Å². The summed E-state index contributed by atoms with van der Waals surface area (Å²) in [6.07, 6.45) is 0. The van der Waals surface area contributed by atoms with Gasteiger partial charge < -0.3 is 15.0 Å². The van der Waals surface area contributed by atoms with Crippen LogP contribution in [0.25, 0.3) is 0 Å². The summed E-state index contributed by atoms with van der Waals surface area (Å²) in [6, 6.07) is -1.35. The van der Waals surface area contributed by atoms with Crippen molar-refractivity contribution in [2.45, 2.75) is 13.0 Å². The third kappa shape index (κ3) is 2.96. The van der Waals surface area contributed by atoms with Gasteiger partial charge in [0.15, 0.2) is 0 Å². The number of likely N-dealkylation sites (N-methyl/N-ethyl adjacent to an activating group) is 1. The number of carbonyl (C=O) groups is 4. The lowest BCUT2D eigenvalue weighted by atomic mass is 10.3. The normalized spacial score (nSPS) is 16.8. The molecule has 1 aliphatic rings. The first-order chi connectivity index (χ1) is 8.36. The molecule has 0 spiro atoms. The van der Waals surface area contributed by atoms with Gasteiger partial charge >= 0.3 is 12.0 Å². The number of rotatable bonds is 4. The first-order valence-corrected chi connectivity index (χ1v) is 5.29. The molecule has 0 saturated carbocycles. The standard InChI is InChI=1S/C10H15N3O5/c1-6(9(16)18-3)11-7(14)4-13-8(15)5-12(2)10(13)17/h6H,4-5H2,1-3H3,(H,11,14)/t6-/m0/s1. The molecule has 1 rings (SSSR count). The van der Waals surface area contributed by atoms with E-state index in [4.69, 9.17) is 0 Å². The first-order valence-electron chi connectivity index (χ1n) is 5.29. The Labute approximate surface area is 104 Å². The summed E-state index contributed by atoms with van der Waals surface area (Å²) in [5.74, 6) is -1.63. The molecule has 1 saturated heterocycles. The Morgan fingerprint density at radius 3 is 2.50 bits per heavy atom. The molecule has 0 aromatic carbocycles. The molecule has 1 atom stereocenters. The summed E-state index contributed by atoms with van der Waals surface area (Å²) in [5, 5.41) is 2.34. The topological polar surface area (TPSA) is 96.0 Å². The van der Waals surface area contributed by atoms with Crippen LogP contribution >= 0.6 is 0 Å². The maximum atomic E-state index is 11.5. The number of ether oxygens (including phenoxy) is 1. The fourth-order valence-electron chi connectivity index (χ4n) is 1.49. The van der Waals surface area contributed by atoms with E-state index in [1.165, 1.54) is 26.0 Å². The number of nitrogens with one attached hydrogen (secondary N) is 1. The van der Waals surface area contributed by atoms with Crippen LogP contribution in [0, 0.1) is 0 Å². The highest BCUT2D eigenvalue weighted by atomic mass is 16.5. The number of hydrogen-bond acceptors (Lipinski definition) is 5. The minimum absolute atomic E-state index is 0.0430. The van der Waals surface area contributed by atoms with E-state index in [2.05, 4.69) is 10.1 Å². The van der Waals surface area contributed by atoms with E-state index < -0.39 is 36.4 Å². The summed E-state index contributed by atoms with van der Waals surface area (Å²) in [6.45, 7) is 1.01. The van der Waals surface area contributed by atoms with E-state index in [0.717, 1.165) is 4.90 Å². The highest BCUT2D eigenvalue weighted by Crippen LogP contribution is 2.06. The Hall–Kier alpha value is -2.12. The van der Waals surface area contributed by atoms with E-state index in [1.54, 1.807) is 0 Å². The van der Waals surface area contributed by atoms with Gasteiger partial charge in [0.2, 0.25) is 5.91 Å². The van der Waals surface area contributed by atoms with Crippen molar-refractivity contribution in [2.75, 3.05) is 27.2 Å². The molecule has 0 bridgehead atoms. The van der Waals surface area contributed by atoms with Crippen LogP contribution in [-0.2, 0) is 19.1 Å². The minimum atomic E-state index is -0.826. The number of urea groups is 1. The number of esters is 1. The lowest BCUT2D eigenvalue weighted by Gasteiger charge is -2.16. The van der Waals surface area contributed by atoms with Gasteiger partial charge in [-0.15, -0.1) is 0 Å². The van der Waals surface area contributed by atoms with E-state index >= 15 is 0 Å². The van der Waals surface area contributed by atoms with Gasteiger partial charge in [-0.1, -0.05) is 0 Å². The van der Waals surface area contributed by atoms with Crippen LogP contribution in [0.4, 0.5) is 4.79 Å². The van der Waals surface area contributed by atoms with Crippen molar-refractivity contribution >= 4 is 23.8 Å². The third-order valence-corrected chi connectivity index (χ3v) is 2.46. The van der Waals surface area contributed by atoms with Crippen molar-refractivity contribution in [3.63, 3.8) is 0 Å². The van der Waals surface area contributed by atoms with Crippen LogP contribution < -0.4 is 5.32 Å². The molecule has 1 aliphatic heterocycles. The van der Waals surface area contributed by atoms with Crippen LogP contribution in [0.15, 0.2) is 0 Å². The van der Waals surface area contributed by atoms with Gasteiger partial charge in [0, 0.05) is 7.05 Å². The van der Waals surface area contributed by atoms with E-state index in [9.17, 15) is 19.2 Å². The van der Waals surface area contributed by atoms with Gasteiger partial charge in [0.05, 0.1) is 7.11 Å². The molecular weight excluding hydrogens is 242 g/mol. The molecule has 0 aliphatic carbocycles. The summed E-state index contributed by atoms with van der Waals surface area (Å²) in [7, 11) is 2.67. The van der Waals surface area contributed by atoms with Gasteiger partial charge in [-0.05, 0) is 6.92 Å². The van der Waals surface area contributed by atoms with Crippen LogP contribution in [0.3, 0.4) is 0 Å². The number of methoxy groups -OCH3 is 1. The second-order valence-electron chi connectivity index (χ2n) is 3.93. The predicted molar refractivity (Wildman–Crippen MR) is 59.4 cm³/mol. The Balaban J connectivity index is 2.53. The molecule has 18 heavy (non-hydrogen) atoms. The largest absolute Gasteiger partial charge is 0.467 e. The second-order valence-corrected chi connectivity index (χ2v) is 3.93. The van der Waals surface area contributed by atoms with Crippen molar-refractivity contribution < 1.29 is 23.9 Å². The molecule has 100 valence electrons. The fourth-order valence-corrected chi connectivity index (χ4v) is 1.49. The zero-order valence-corrected chi connectivity index (χ0v) is 10.4. The summed E-state index contributed by atoms with van der Waals surface area (Å²) < 4.78 is 4.43. The Kier molecular flexibility index (Phi) is 4.24. The third-order valence-electron chi connectivity index (χ3n) is 2.46. The van der Waals surface area contributed by atoms with Gasteiger partial charge in [-0.3, -0.25) is 14.5 Å². The summed E-state index contributed by atoms with van der Waals surface area (Å²) in [5.41, 5.74) is 0. The lowest BCUT2D eigenvalue weighted by molar-refractivity contribution is -0.144. The molecule has 1 heterocycles. The van der Waals surface area contributed by atoms with Crippen LogP contribution in [0.1, 0.15) is 6.92 Å². The quantitative estimate of drug-likeness (QED) is 0.491. The average Bonchev–Trinajstić information content (AvgIpc) is 2.54. The molecule has 1 fully saturated rings. The monoisotopic (exact) mass is 257 g/mol. The molecule has 8 heteroatoms. The van der Waals surface area contributed by atoms with Crippen LogP contribution in [0.2, 0.25) is 0 Å². The van der Waals surface area contributed by atoms with Crippen molar-refractivity contribution in [2.24, 2.45) is 0 Å². The van der Waals surface area contributed by atoms with Crippen molar-refractivity contribution in [3.8, 4) is 0 Å². The van der Waals surface area contributed by atoms with E-state index in [0.29, 0.717) is 0 Å². The maximum Gasteiger partial charge on any atom is 0.328 e. The van der Waals surface area contributed by atoms with Crippen LogP contribution in [0.5, 0.6) is 0 Å². The van der Waals surface area contributed by atoms with Gasteiger partial charge in [0.1, 0.15) is 19.1 Å². The van der Waals surface area contributed by atoms with Gasteiger partial charge in [-0.2, -0.15) is 0 Å². The van der Waals surface area contributed by atoms with Gasteiger partial charge in [0.25, 0.3) is 5.91 Å². The molecule has 0 aromatic rings. The number of nitrogens with zero attached hydrogens (tertiary/aromatic N) is 2. The second kappa shape index (κ2) is 5.48. The molecule has 0 unspecified atom stereocenters. The average molecular weight is 257 g/mol. The molecule has 0 radical (unpaired) electrons. The Bertz CT molecular complexity index is 395.